The van der Waals surface area contributed by atoms with Crippen LogP contribution in [0.3, 0.4) is 0 Å². The lowest BCUT2D eigenvalue weighted by Crippen LogP contribution is -2.47. The number of ether oxygens (including phenoxy) is 2. The summed E-state index contributed by atoms with van der Waals surface area (Å²) in [6, 6.07) is 6.54. The van der Waals surface area contributed by atoms with Gasteiger partial charge in [0.25, 0.3) is 11.8 Å². The van der Waals surface area contributed by atoms with Gasteiger partial charge in [-0.25, -0.2) is 4.79 Å². The van der Waals surface area contributed by atoms with Crippen molar-refractivity contribution in [1.82, 2.24) is 10.6 Å². The molecule has 1 aromatic rings. The molecule has 29 heavy (non-hydrogen) atoms. The molecule has 0 saturated heterocycles. The minimum absolute atomic E-state index is 0.0783. The van der Waals surface area contributed by atoms with Crippen molar-refractivity contribution in [2.75, 3.05) is 18.1 Å². The van der Waals surface area contributed by atoms with E-state index in [4.69, 9.17) is 9.47 Å². The van der Waals surface area contributed by atoms with Gasteiger partial charge in [-0.1, -0.05) is 25.0 Å². The summed E-state index contributed by atoms with van der Waals surface area (Å²) < 4.78 is 10.5. The van der Waals surface area contributed by atoms with Gasteiger partial charge in [-0.3, -0.25) is 19.7 Å². The average molecular weight is 403 g/mol. The fourth-order valence-corrected chi connectivity index (χ4v) is 3.42. The SMILES string of the molecule is C[C@H](OC(=O)CCN1C(=O)COc2ccccc21)C(=O)NC(=O)NC1CCCC1. The Balaban J connectivity index is 1.44. The summed E-state index contributed by atoms with van der Waals surface area (Å²) in [5, 5.41) is 4.92. The first-order valence-corrected chi connectivity index (χ1v) is 9.77. The topological polar surface area (TPSA) is 114 Å². The Morgan fingerprint density at radius 2 is 1.97 bits per heavy atom. The van der Waals surface area contributed by atoms with E-state index < -0.39 is 24.0 Å². The van der Waals surface area contributed by atoms with E-state index in [1.54, 1.807) is 24.3 Å². The molecule has 1 aliphatic heterocycles. The van der Waals surface area contributed by atoms with Crippen LogP contribution in [0.5, 0.6) is 5.75 Å². The second-order valence-electron chi connectivity index (χ2n) is 7.13. The van der Waals surface area contributed by atoms with Crippen LogP contribution >= 0.6 is 0 Å². The van der Waals surface area contributed by atoms with Gasteiger partial charge in [0.2, 0.25) is 0 Å². The first-order valence-electron chi connectivity index (χ1n) is 9.77. The number of carbonyl (C=O) groups is 4. The van der Waals surface area contributed by atoms with Gasteiger partial charge in [-0.05, 0) is 31.9 Å². The smallest absolute Gasteiger partial charge is 0.321 e. The predicted octanol–water partition coefficient (Wildman–Crippen LogP) is 1.50. The number of hydrogen-bond acceptors (Lipinski definition) is 6. The van der Waals surface area contributed by atoms with Gasteiger partial charge in [0.15, 0.2) is 12.7 Å². The van der Waals surface area contributed by atoms with E-state index in [0.29, 0.717) is 11.4 Å². The number of nitrogens with zero attached hydrogens (tertiary/aromatic N) is 1. The normalized spacial score (nSPS) is 17.1. The standard InChI is InChI=1S/C20H25N3O6/c1-13(19(26)22-20(27)21-14-6-2-3-7-14)29-18(25)10-11-23-15-8-4-5-9-16(15)28-12-17(23)24/h4-5,8-9,13-14H,2-3,6-7,10-12H2,1H3,(H2,21,22,26,27)/t13-/m0/s1. The maximum atomic E-state index is 12.1. The van der Waals surface area contributed by atoms with E-state index in [2.05, 4.69) is 10.6 Å². The van der Waals surface area contributed by atoms with Crippen molar-refractivity contribution in [2.24, 2.45) is 0 Å². The molecule has 0 spiro atoms. The summed E-state index contributed by atoms with van der Waals surface area (Å²) in [5.74, 6) is -1.02. The van der Waals surface area contributed by atoms with Crippen LogP contribution in [-0.4, -0.2) is 49.1 Å². The fraction of sp³-hybridized carbons (Fsp3) is 0.500. The molecule has 1 aliphatic carbocycles. The molecule has 3 rings (SSSR count). The van der Waals surface area contributed by atoms with E-state index in [1.807, 2.05) is 0 Å². The van der Waals surface area contributed by atoms with Crippen molar-refractivity contribution in [3.63, 3.8) is 0 Å². The van der Waals surface area contributed by atoms with Crippen LogP contribution in [-0.2, 0) is 19.1 Å². The molecule has 2 aliphatic rings. The number of rotatable bonds is 6. The van der Waals surface area contributed by atoms with Gasteiger partial charge in [0.05, 0.1) is 12.1 Å². The summed E-state index contributed by atoms with van der Waals surface area (Å²) in [4.78, 5) is 49.6. The molecule has 0 bridgehead atoms. The molecule has 156 valence electrons. The Hall–Kier alpha value is -3.10. The first kappa shape index (κ1) is 20.6. The molecule has 4 amide bonds. The lowest BCUT2D eigenvalue weighted by atomic mass is 10.2. The quantitative estimate of drug-likeness (QED) is 0.696. The molecule has 1 heterocycles. The second kappa shape index (κ2) is 9.40. The molecular formula is C20H25N3O6. The number of nitrogens with one attached hydrogen (secondary N) is 2. The van der Waals surface area contributed by atoms with Crippen LogP contribution in [0.2, 0.25) is 0 Å². The van der Waals surface area contributed by atoms with Gasteiger partial charge < -0.3 is 19.7 Å². The Bertz CT molecular complexity index is 790. The highest BCUT2D eigenvalue weighted by molar-refractivity contribution is 5.99. The molecule has 1 fully saturated rings. The molecule has 1 atom stereocenters. The van der Waals surface area contributed by atoms with Crippen LogP contribution in [0.4, 0.5) is 10.5 Å². The Morgan fingerprint density at radius 1 is 1.24 bits per heavy atom. The average Bonchev–Trinajstić information content (AvgIpc) is 3.19. The molecule has 9 nitrogen and oxygen atoms in total. The number of amides is 4. The summed E-state index contributed by atoms with van der Waals surface area (Å²) in [7, 11) is 0. The van der Waals surface area contributed by atoms with Gasteiger partial charge >= 0.3 is 12.0 Å². The van der Waals surface area contributed by atoms with Crippen molar-refractivity contribution in [3.05, 3.63) is 24.3 Å². The Morgan fingerprint density at radius 3 is 2.72 bits per heavy atom. The minimum atomic E-state index is -1.12. The number of esters is 1. The number of carbonyl (C=O) groups excluding carboxylic acids is 4. The van der Waals surface area contributed by atoms with Crippen molar-refractivity contribution in [1.29, 1.82) is 0 Å². The van der Waals surface area contributed by atoms with E-state index in [-0.39, 0.29) is 31.5 Å². The summed E-state index contributed by atoms with van der Waals surface area (Å²) in [5.41, 5.74) is 0.589. The zero-order valence-electron chi connectivity index (χ0n) is 16.3. The largest absolute Gasteiger partial charge is 0.482 e. The van der Waals surface area contributed by atoms with E-state index in [9.17, 15) is 19.2 Å². The zero-order chi connectivity index (χ0) is 20.8. The van der Waals surface area contributed by atoms with Gasteiger partial charge in [0.1, 0.15) is 5.75 Å². The molecule has 0 radical (unpaired) electrons. The van der Waals surface area contributed by atoms with Crippen molar-refractivity contribution in [2.45, 2.75) is 51.2 Å². The third-order valence-electron chi connectivity index (χ3n) is 4.95. The van der Waals surface area contributed by atoms with Crippen LogP contribution in [0.25, 0.3) is 0 Å². The van der Waals surface area contributed by atoms with Crippen molar-refractivity contribution < 1.29 is 28.7 Å². The van der Waals surface area contributed by atoms with Crippen molar-refractivity contribution >= 4 is 29.5 Å². The summed E-state index contributed by atoms with van der Waals surface area (Å²) >= 11 is 0. The van der Waals surface area contributed by atoms with Gasteiger partial charge in [-0.15, -0.1) is 0 Å². The number of para-hydroxylation sites is 2. The molecular weight excluding hydrogens is 378 g/mol. The van der Waals surface area contributed by atoms with E-state index in [1.165, 1.54) is 11.8 Å². The first-order chi connectivity index (χ1) is 13.9. The van der Waals surface area contributed by atoms with Crippen LogP contribution in [0.1, 0.15) is 39.0 Å². The van der Waals surface area contributed by atoms with Gasteiger partial charge in [0, 0.05) is 12.6 Å². The number of benzene rings is 1. The lowest BCUT2D eigenvalue weighted by molar-refractivity contribution is -0.154. The maximum Gasteiger partial charge on any atom is 0.321 e. The number of imide groups is 1. The Labute approximate surface area is 168 Å². The molecule has 2 N–H and O–H groups in total. The molecule has 1 aromatic carbocycles. The highest BCUT2D eigenvalue weighted by Crippen LogP contribution is 2.31. The molecule has 0 unspecified atom stereocenters. The van der Waals surface area contributed by atoms with Crippen LogP contribution in [0.15, 0.2) is 24.3 Å². The summed E-state index contributed by atoms with van der Waals surface area (Å²) in [6.45, 7) is 1.40. The Kier molecular flexibility index (Phi) is 6.69. The molecule has 1 saturated carbocycles. The number of urea groups is 1. The highest BCUT2D eigenvalue weighted by Gasteiger charge is 2.27. The third-order valence-corrected chi connectivity index (χ3v) is 4.95. The molecule has 0 aromatic heterocycles. The third kappa shape index (κ3) is 5.46. The van der Waals surface area contributed by atoms with Crippen LogP contribution in [0, 0.1) is 0 Å². The second-order valence-corrected chi connectivity index (χ2v) is 7.13. The number of anilines is 1. The minimum Gasteiger partial charge on any atom is -0.482 e. The van der Waals surface area contributed by atoms with Crippen molar-refractivity contribution in [3.8, 4) is 5.75 Å². The maximum absolute atomic E-state index is 12.1. The molecule has 9 heteroatoms. The number of hydrogen-bond donors (Lipinski definition) is 2. The fourth-order valence-electron chi connectivity index (χ4n) is 3.42. The van der Waals surface area contributed by atoms with Gasteiger partial charge in [-0.2, -0.15) is 0 Å². The van der Waals surface area contributed by atoms with E-state index >= 15 is 0 Å². The zero-order valence-corrected chi connectivity index (χ0v) is 16.3. The predicted molar refractivity (Wildman–Crippen MR) is 103 cm³/mol. The highest BCUT2D eigenvalue weighted by atomic mass is 16.5. The lowest BCUT2D eigenvalue weighted by Gasteiger charge is -2.29. The number of fused-ring (bicyclic) bond motifs is 1. The monoisotopic (exact) mass is 403 g/mol. The summed E-state index contributed by atoms with van der Waals surface area (Å²) in [6.07, 6.45) is 2.70. The van der Waals surface area contributed by atoms with E-state index in [0.717, 1.165) is 25.7 Å². The van der Waals surface area contributed by atoms with Crippen LogP contribution < -0.4 is 20.3 Å².